The van der Waals surface area contributed by atoms with Crippen LogP contribution in [0.5, 0.6) is 0 Å². The van der Waals surface area contributed by atoms with Gasteiger partial charge in [-0.1, -0.05) is 18.0 Å². The first-order chi connectivity index (χ1) is 11.6. The number of rotatable bonds is 5. The molecule has 130 valence electrons. The number of aliphatic carboxylic acids is 1. The quantitative estimate of drug-likeness (QED) is 0.837. The van der Waals surface area contributed by atoms with Crippen molar-refractivity contribution in [1.82, 2.24) is 15.5 Å². The molecular formula is C16H21N3O5. The van der Waals surface area contributed by atoms with Crippen LogP contribution < -0.4 is 5.32 Å². The van der Waals surface area contributed by atoms with Gasteiger partial charge in [0.25, 0.3) is 0 Å². The third kappa shape index (κ3) is 2.79. The molecule has 1 aromatic rings. The second-order valence-corrected chi connectivity index (χ2v) is 7.04. The van der Waals surface area contributed by atoms with Crippen molar-refractivity contribution in [2.45, 2.75) is 75.0 Å². The molecule has 2 saturated carbocycles. The summed E-state index contributed by atoms with van der Waals surface area (Å²) in [6.45, 7) is 0. The maximum absolute atomic E-state index is 12.6. The van der Waals surface area contributed by atoms with Gasteiger partial charge in [-0.2, -0.15) is 4.98 Å². The van der Waals surface area contributed by atoms with Crippen molar-refractivity contribution >= 4 is 11.9 Å². The van der Waals surface area contributed by atoms with Gasteiger partial charge in [0.15, 0.2) is 11.9 Å². The minimum absolute atomic E-state index is 0.279. The average Bonchev–Trinajstić information content (AvgIpc) is 3.02. The normalized spacial score (nSPS) is 28.8. The van der Waals surface area contributed by atoms with Crippen LogP contribution in [0.15, 0.2) is 4.52 Å². The molecule has 3 aliphatic rings. The van der Waals surface area contributed by atoms with Crippen LogP contribution in [0.2, 0.25) is 0 Å². The molecule has 1 aliphatic heterocycles. The molecule has 3 fully saturated rings. The van der Waals surface area contributed by atoms with E-state index in [4.69, 9.17) is 14.4 Å². The van der Waals surface area contributed by atoms with E-state index in [0.717, 1.165) is 38.5 Å². The predicted molar refractivity (Wildman–Crippen MR) is 80.1 cm³/mol. The number of aromatic nitrogens is 2. The van der Waals surface area contributed by atoms with Gasteiger partial charge in [0.1, 0.15) is 11.6 Å². The monoisotopic (exact) mass is 335 g/mol. The van der Waals surface area contributed by atoms with Gasteiger partial charge in [-0.25, -0.2) is 4.79 Å². The van der Waals surface area contributed by atoms with Crippen LogP contribution >= 0.6 is 0 Å². The molecule has 0 radical (unpaired) electrons. The summed E-state index contributed by atoms with van der Waals surface area (Å²) in [6.07, 6.45) is 4.79. The Balaban J connectivity index is 1.48. The van der Waals surface area contributed by atoms with Gasteiger partial charge in [0.05, 0.1) is 0 Å². The highest BCUT2D eigenvalue weighted by atomic mass is 16.5. The molecule has 2 atom stereocenters. The molecule has 4 rings (SSSR count). The van der Waals surface area contributed by atoms with Crippen LogP contribution in [-0.4, -0.2) is 39.3 Å². The fraction of sp³-hybridized carbons (Fsp3) is 0.750. The van der Waals surface area contributed by atoms with Crippen molar-refractivity contribution in [3.63, 3.8) is 0 Å². The number of nitrogens with one attached hydrogen (secondary N) is 1. The lowest BCUT2D eigenvalue weighted by Crippen LogP contribution is -2.48. The molecule has 0 spiro atoms. The molecule has 24 heavy (non-hydrogen) atoms. The Kier molecular flexibility index (Phi) is 3.79. The summed E-state index contributed by atoms with van der Waals surface area (Å²) in [5, 5.41) is 16.2. The molecule has 0 bridgehead atoms. The van der Waals surface area contributed by atoms with Crippen LogP contribution in [0.4, 0.5) is 0 Å². The minimum atomic E-state index is -1.02. The van der Waals surface area contributed by atoms with Crippen LogP contribution in [0.25, 0.3) is 0 Å². The van der Waals surface area contributed by atoms with E-state index in [1.54, 1.807) is 0 Å². The molecule has 1 amide bonds. The molecule has 2 N–H and O–H groups in total. The van der Waals surface area contributed by atoms with E-state index in [0.29, 0.717) is 30.5 Å². The van der Waals surface area contributed by atoms with E-state index in [1.807, 2.05) is 0 Å². The molecule has 8 nitrogen and oxygen atoms in total. The number of nitrogens with zero attached hydrogens (tertiary/aromatic N) is 2. The number of carboxylic acid groups (broad SMARTS) is 1. The lowest BCUT2D eigenvalue weighted by molar-refractivity contribution is -0.152. The number of amides is 1. The highest BCUT2D eigenvalue weighted by Gasteiger charge is 2.45. The van der Waals surface area contributed by atoms with E-state index in [9.17, 15) is 9.59 Å². The van der Waals surface area contributed by atoms with Crippen molar-refractivity contribution in [2.75, 3.05) is 0 Å². The van der Waals surface area contributed by atoms with Crippen LogP contribution in [0.1, 0.15) is 69.0 Å². The van der Waals surface area contributed by atoms with Crippen molar-refractivity contribution in [1.29, 1.82) is 0 Å². The number of carbonyl (C=O) groups is 2. The fourth-order valence-corrected chi connectivity index (χ4v) is 3.64. The molecule has 2 aliphatic carbocycles. The zero-order valence-electron chi connectivity index (χ0n) is 13.4. The molecule has 2 heterocycles. The smallest absolute Gasteiger partial charge is 0.332 e. The fourth-order valence-electron chi connectivity index (χ4n) is 3.64. The third-order valence-electron chi connectivity index (χ3n) is 5.20. The first-order valence-electron chi connectivity index (χ1n) is 8.62. The maximum atomic E-state index is 12.6. The van der Waals surface area contributed by atoms with Gasteiger partial charge >= 0.3 is 5.97 Å². The summed E-state index contributed by atoms with van der Waals surface area (Å²) in [5.41, 5.74) is -0.613. The molecule has 0 aromatic carbocycles. The summed E-state index contributed by atoms with van der Waals surface area (Å²) in [4.78, 5) is 28.1. The summed E-state index contributed by atoms with van der Waals surface area (Å²) in [7, 11) is 0. The molecule has 8 heteroatoms. The first kappa shape index (κ1) is 15.6. The van der Waals surface area contributed by atoms with E-state index in [-0.39, 0.29) is 5.91 Å². The molecule has 0 unspecified atom stereocenters. The number of ether oxygens (including phenoxy) is 1. The van der Waals surface area contributed by atoms with Gasteiger partial charge < -0.3 is 19.7 Å². The van der Waals surface area contributed by atoms with Crippen LogP contribution in [0, 0.1) is 0 Å². The maximum Gasteiger partial charge on any atom is 0.332 e. The predicted octanol–water partition coefficient (Wildman–Crippen LogP) is 1.46. The van der Waals surface area contributed by atoms with Gasteiger partial charge in [0, 0.05) is 5.92 Å². The topological polar surface area (TPSA) is 115 Å². The first-order valence-corrected chi connectivity index (χ1v) is 8.62. The Morgan fingerprint density at radius 1 is 1.12 bits per heavy atom. The second-order valence-electron chi connectivity index (χ2n) is 7.04. The van der Waals surface area contributed by atoms with E-state index in [1.165, 1.54) is 0 Å². The Morgan fingerprint density at radius 2 is 1.83 bits per heavy atom. The number of hydrogen-bond acceptors (Lipinski definition) is 6. The molecular weight excluding hydrogens is 314 g/mol. The second kappa shape index (κ2) is 5.84. The zero-order valence-corrected chi connectivity index (χ0v) is 13.4. The lowest BCUT2D eigenvalue weighted by Gasteiger charge is -2.28. The molecule has 1 aromatic heterocycles. The molecule has 1 saturated heterocycles. The van der Waals surface area contributed by atoms with Gasteiger partial charge in [-0.05, 0) is 38.5 Å². The van der Waals surface area contributed by atoms with Crippen LogP contribution in [0.3, 0.4) is 0 Å². The van der Waals surface area contributed by atoms with E-state index in [2.05, 4.69) is 15.5 Å². The van der Waals surface area contributed by atoms with E-state index >= 15 is 0 Å². The standard InChI is InChI=1S/C16H21N3O5/c20-12(10-5-6-11(23-10)14(21)22)18-16(7-1-2-8-16)15-17-13(24-19-15)9-3-4-9/h9-11H,1-8H2,(H,18,20)(H,21,22)/t10-,11+/m0/s1. The zero-order chi connectivity index (χ0) is 16.7. The van der Waals surface area contributed by atoms with Gasteiger partial charge in [-0.3, -0.25) is 4.79 Å². The SMILES string of the molecule is O=C(NC1(c2noc(C3CC3)n2)CCCC1)[C@@H]1CC[C@H](C(=O)O)O1. The summed E-state index contributed by atoms with van der Waals surface area (Å²) in [6, 6.07) is 0. The van der Waals surface area contributed by atoms with Crippen molar-refractivity contribution < 1.29 is 24.0 Å². The van der Waals surface area contributed by atoms with Gasteiger partial charge in [-0.15, -0.1) is 0 Å². The summed E-state index contributed by atoms with van der Waals surface area (Å²) >= 11 is 0. The summed E-state index contributed by atoms with van der Waals surface area (Å²) < 4.78 is 10.7. The third-order valence-corrected chi connectivity index (χ3v) is 5.20. The number of carboxylic acids is 1. The minimum Gasteiger partial charge on any atom is -0.479 e. The summed E-state index contributed by atoms with van der Waals surface area (Å²) in [5.74, 6) is 0.276. The van der Waals surface area contributed by atoms with Crippen molar-refractivity contribution in [3.8, 4) is 0 Å². The largest absolute Gasteiger partial charge is 0.479 e. The Morgan fingerprint density at radius 3 is 2.46 bits per heavy atom. The number of hydrogen-bond donors (Lipinski definition) is 2. The average molecular weight is 335 g/mol. The van der Waals surface area contributed by atoms with E-state index < -0.39 is 23.7 Å². The van der Waals surface area contributed by atoms with Crippen molar-refractivity contribution in [3.05, 3.63) is 11.7 Å². The highest BCUT2D eigenvalue weighted by Crippen LogP contribution is 2.42. The Hall–Kier alpha value is -1.96. The Bertz CT molecular complexity index is 648. The number of carbonyl (C=O) groups excluding carboxylic acids is 1. The Labute approximate surface area is 138 Å². The van der Waals surface area contributed by atoms with Gasteiger partial charge in [0.2, 0.25) is 11.8 Å². The van der Waals surface area contributed by atoms with Crippen LogP contribution in [-0.2, 0) is 19.9 Å². The lowest BCUT2D eigenvalue weighted by atomic mass is 9.96. The van der Waals surface area contributed by atoms with Crippen molar-refractivity contribution in [2.24, 2.45) is 0 Å². The highest BCUT2D eigenvalue weighted by molar-refractivity contribution is 5.83.